The lowest BCUT2D eigenvalue weighted by atomic mass is 10.1. The maximum absolute atomic E-state index is 11.5. The molecular weight excluding hydrogens is 310 g/mol. The molecule has 0 aromatic heterocycles. The lowest BCUT2D eigenvalue weighted by Gasteiger charge is -2.24. The topological polar surface area (TPSA) is 76.1 Å². The molecule has 0 aliphatic carbocycles. The van der Waals surface area contributed by atoms with E-state index in [1.807, 2.05) is 30.3 Å². The van der Waals surface area contributed by atoms with Crippen molar-refractivity contribution in [2.75, 3.05) is 20.2 Å². The maximum atomic E-state index is 11.5. The van der Waals surface area contributed by atoms with Gasteiger partial charge in [0.2, 0.25) is 0 Å². The summed E-state index contributed by atoms with van der Waals surface area (Å²) in [7, 11) is 1.70. The SMILES string of the molecule is CC(C)(C)OC(=O)N1CCC(C(=O)O)C1.COCc1ccccc1. The minimum atomic E-state index is -0.846. The second-order valence-corrected chi connectivity index (χ2v) is 6.67. The van der Waals surface area contributed by atoms with Gasteiger partial charge in [-0.1, -0.05) is 30.3 Å². The van der Waals surface area contributed by atoms with Crippen molar-refractivity contribution in [3.63, 3.8) is 0 Å². The molecule has 1 aliphatic heterocycles. The Morgan fingerprint density at radius 3 is 2.33 bits per heavy atom. The molecule has 2 rings (SSSR count). The van der Waals surface area contributed by atoms with Gasteiger partial charge in [0.1, 0.15) is 5.60 Å². The molecule has 0 bridgehead atoms. The van der Waals surface area contributed by atoms with E-state index in [2.05, 4.69) is 0 Å². The maximum Gasteiger partial charge on any atom is 0.410 e. The Morgan fingerprint density at radius 2 is 1.88 bits per heavy atom. The van der Waals surface area contributed by atoms with E-state index in [-0.39, 0.29) is 6.54 Å². The van der Waals surface area contributed by atoms with Gasteiger partial charge in [0.25, 0.3) is 0 Å². The first-order valence-electron chi connectivity index (χ1n) is 7.96. The van der Waals surface area contributed by atoms with Crippen molar-refractivity contribution in [1.29, 1.82) is 0 Å². The van der Waals surface area contributed by atoms with Gasteiger partial charge in [0, 0.05) is 20.2 Å². The molecule has 0 saturated carbocycles. The van der Waals surface area contributed by atoms with Crippen molar-refractivity contribution in [3.8, 4) is 0 Å². The van der Waals surface area contributed by atoms with Crippen LogP contribution in [0.2, 0.25) is 0 Å². The van der Waals surface area contributed by atoms with Crippen molar-refractivity contribution >= 4 is 12.1 Å². The van der Waals surface area contributed by atoms with Crippen LogP contribution < -0.4 is 0 Å². The first-order chi connectivity index (χ1) is 11.2. The predicted molar refractivity (Wildman–Crippen MR) is 90.7 cm³/mol. The summed E-state index contributed by atoms with van der Waals surface area (Å²) in [6.45, 7) is 6.79. The molecule has 1 atom stereocenters. The summed E-state index contributed by atoms with van der Waals surface area (Å²) in [6.07, 6.45) is 0.0837. The van der Waals surface area contributed by atoms with Crippen molar-refractivity contribution in [2.45, 2.75) is 39.4 Å². The van der Waals surface area contributed by atoms with Crippen LogP contribution in [-0.2, 0) is 20.9 Å². The minimum absolute atomic E-state index is 0.254. The summed E-state index contributed by atoms with van der Waals surface area (Å²) < 4.78 is 10.1. The number of benzene rings is 1. The Bertz CT molecular complexity index is 524. The van der Waals surface area contributed by atoms with E-state index in [1.54, 1.807) is 27.9 Å². The number of methoxy groups -OCH3 is 1. The van der Waals surface area contributed by atoms with Crippen LogP contribution in [0.25, 0.3) is 0 Å². The lowest BCUT2D eigenvalue weighted by molar-refractivity contribution is -0.141. The molecule has 134 valence electrons. The highest BCUT2D eigenvalue weighted by molar-refractivity contribution is 5.74. The highest BCUT2D eigenvalue weighted by atomic mass is 16.6. The van der Waals surface area contributed by atoms with E-state index in [0.29, 0.717) is 19.6 Å². The zero-order valence-corrected chi connectivity index (χ0v) is 14.8. The summed E-state index contributed by atoms with van der Waals surface area (Å²) >= 11 is 0. The van der Waals surface area contributed by atoms with E-state index in [0.717, 1.165) is 0 Å². The van der Waals surface area contributed by atoms with Crippen LogP contribution in [0.15, 0.2) is 30.3 Å². The molecule has 1 aromatic carbocycles. The average Bonchev–Trinajstić information content (AvgIpc) is 2.98. The normalized spacial score (nSPS) is 17.0. The molecule has 1 amide bonds. The number of rotatable bonds is 3. The number of likely N-dealkylation sites (tertiary alicyclic amines) is 1. The highest BCUT2D eigenvalue weighted by Gasteiger charge is 2.33. The molecule has 1 fully saturated rings. The van der Waals surface area contributed by atoms with Gasteiger partial charge in [-0.15, -0.1) is 0 Å². The lowest BCUT2D eigenvalue weighted by Crippen LogP contribution is -2.35. The molecule has 6 heteroatoms. The Morgan fingerprint density at radius 1 is 1.25 bits per heavy atom. The Hall–Kier alpha value is -2.08. The third kappa shape index (κ3) is 7.46. The number of carbonyl (C=O) groups is 2. The number of hydrogen-bond acceptors (Lipinski definition) is 4. The molecule has 1 aromatic rings. The molecule has 6 nitrogen and oxygen atoms in total. The fraction of sp³-hybridized carbons (Fsp3) is 0.556. The van der Waals surface area contributed by atoms with E-state index >= 15 is 0 Å². The van der Waals surface area contributed by atoms with E-state index < -0.39 is 23.6 Å². The summed E-state index contributed by atoms with van der Waals surface area (Å²) in [6, 6.07) is 10.1. The van der Waals surface area contributed by atoms with Gasteiger partial charge in [-0.3, -0.25) is 4.79 Å². The standard InChI is InChI=1S/C10H17NO4.C8H10O/c1-10(2,3)15-9(14)11-5-4-7(6-11)8(12)13;1-9-7-8-5-3-2-4-6-8/h7H,4-6H2,1-3H3,(H,12,13);2-6H,7H2,1H3. The molecule has 1 N–H and O–H groups in total. The van der Waals surface area contributed by atoms with Crippen molar-refractivity contribution in [1.82, 2.24) is 4.90 Å². The van der Waals surface area contributed by atoms with Gasteiger partial charge >= 0.3 is 12.1 Å². The van der Waals surface area contributed by atoms with Crippen LogP contribution in [-0.4, -0.2) is 47.9 Å². The van der Waals surface area contributed by atoms with Gasteiger partial charge in [0.15, 0.2) is 0 Å². The van der Waals surface area contributed by atoms with Crippen LogP contribution in [0.1, 0.15) is 32.8 Å². The molecule has 1 heterocycles. The predicted octanol–water partition coefficient (Wildman–Crippen LogP) is 3.16. The quantitative estimate of drug-likeness (QED) is 0.917. The second kappa shape index (κ2) is 9.27. The van der Waals surface area contributed by atoms with Crippen molar-refractivity contribution in [3.05, 3.63) is 35.9 Å². The van der Waals surface area contributed by atoms with Crippen LogP contribution in [0.5, 0.6) is 0 Å². The third-order valence-electron chi connectivity index (χ3n) is 3.34. The van der Waals surface area contributed by atoms with Crippen LogP contribution >= 0.6 is 0 Å². The number of amides is 1. The monoisotopic (exact) mass is 337 g/mol. The number of hydrogen-bond donors (Lipinski definition) is 1. The smallest absolute Gasteiger partial charge is 0.410 e. The number of carbonyl (C=O) groups excluding carboxylic acids is 1. The first kappa shape index (κ1) is 20.0. The second-order valence-electron chi connectivity index (χ2n) is 6.67. The fourth-order valence-electron chi connectivity index (χ4n) is 2.20. The van der Waals surface area contributed by atoms with Gasteiger partial charge < -0.3 is 19.5 Å². The number of carboxylic acid groups (broad SMARTS) is 1. The molecular formula is C18H27NO5. The van der Waals surface area contributed by atoms with Gasteiger partial charge in [-0.05, 0) is 32.8 Å². The Balaban J connectivity index is 0.000000272. The summed E-state index contributed by atoms with van der Waals surface area (Å²) in [5, 5.41) is 8.77. The number of aliphatic carboxylic acids is 1. The van der Waals surface area contributed by atoms with Crippen LogP contribution in [0.3, 0.4) is 0 Å². The summed E-state index contributed by atoms with van der Waals surface area (Å²) in [5.41, 5.74) is 0.693. The average molecular weight is 337 g/mol. The van der Waals surface area contributed by atoms with Gasteiger partial charge in [0.05, 0.1) is 12.5 Å². The zero-order chi connectivity index (χ0) is 18.2. The van der Waals surface area contributed by atoms with Crippen molar-refractivity contribution in [2.24, 2.45) is 5.92 Å². The number of ether oxygens (including phenoxy) is 2. The molecule has 0 radical (unpaired) electrons. The molecule has 1 aliphatic rings. The third-order valence-corrected chi connectivity index (χ3v) is 3.34. The molecule has 24 heavy (non-hydrogen) atoms. The first-order valence-corrected chi connectivity index (χ1v) is 7.96. The molecule has 1 saturated heterocycles. The van der Waals surface area contributed by atoms with E-state index in [9.17, 15) is 9.59 Å². The number of carboxylic acids is 1. The summed E-state index contributed by atoms with van der Waals surface area (Å²) in [4.78, 5) is 23.7. The van der Waals surface area contributed by atoms with E-state index in [4.69, 9.17) is 14.6 Å². The van der Waals surface area contributed by atoms with Crippen LogP contribution in [0, 0.1) is 5.92 Å². The highest BCUT2D eigenvalue weighted by Crippen LogP contribution is 2.19. The van der Waals surface area contributed by atoms with Gasteiger partial charge in [-0.25, -0.2) is 4.79 Å². The zero-order valence-electron chi connectivity index (χ0n) is 14.8. The molecule has 0 spiro atoms. The minimum Gasteiger partial charge on any atom is -0.481 e. The largest absolute Gasteiger partial charge is 0.481 e. The van der Waals surface area contributed by atoms with Gasteiger partial charge in [-0.2, -0.15) is 0 Å². The van der Waals surface area contributed by atoms with Crippen molar-refractivity contribution < 1.29 is 24.2 Å². The summed E-state index contributed by atoms with van der Waals surface area (Å²) in [5.74, 6) is -1.29. The van der Waals surface area contributed by atoms with E-state index in [1.165, 1.54) is 10.5 Å². The van der Waals surface area contributed by atoms with Crippen LogP contribution in [0.4, 0.5) is 4.79 Å². The number of nitrogens with zero attached hydrogens (tertiary/aromatic N) is 1. The Kier molecular flexibility index (Phi) is 7.71. The Labute approximate surface area is 143 Å². The fourth-order valence-corrected chi connectivity index (χ4v) is 2.20. The molecule has 1 unspecified atom stereocenters.